The first-order chi connectivity index (χ1) is 12.1. The van der Waals surface area contributed by atoms with E-state index in [9.17, 15) is 9.18 Å². The lowest BCUT2D eigenvalue weighted by molar-refractivity contribution is -0.134. The zero-order valence-corrected chi connectivity index (χ0v) is 14.8. The largest absolute Gasteiger partial charge is 0.361 e. The smallest absolute Gasteiger partial charge is 0.230 e. The van der Waals surface area contributed by atoms with Crippen molar-refractivity contribution in [2.45, 2.75) is 19.4 Å². The number of nitrogens with one attached hydrogen (secondary N) is 1. The van der Waals surface area contributed by atoms with E-state index in [1.165, 1.54) is 22.1 Å². The fourth-order valence-electron chi connectivity index (χ4n) is 4.37. The fraction of sp³-hybridized carbons (Fsp3) is 0.450. The van der Waals surface area contributed by atoms with Crippen LogP contribution in [0.15, 0.2) is 30.5 Å². The van der Waals surface area contributed by atoms with Gasteiger partial charge in [0, 0.05) is 42.8 Å². The maximum atomic E-state index is 12.9. The van der Waals surface area contributed by atoms with E-state index in [1.54, 1.807) is 4.90 Å². The topological polar surface area (TPSA) is 39.3 Å². The Morgan fingerprint density at radius 3 is 3.04 bits per heavy atom. The normalized spacial score (nSPS) is 22.6. The quantitative estimate of drug-likeness (QED) is 0.929. The molecule has 0 fully saturated rings. The molecule has 2 aliphatic rings. The summed E-state index contributed by atoms with van der Waals surface area (Å²) in [6, 6.07) is 6.61. The minimum Gasteiger partial charge on any atom is -0.361 e. The van der Waals surface area contributed by atoms with Crippen molar-refractivity contribution in [1.82, 2.24) is 14.8 Å². The summed E-state index contributed by atoms with van der Waals surface area (Å²) >= 11 is 0. The van der Waals surface area contributed by atoms with E-state index in [0.29, 0.717) is 19.1 Å². The van der Waals surface area contributed by atoms with Gasteiger partial charge in [0.15, 0.2) is 0 Å². The predicted octanol–water partition coefficient (Wildman–Crippen LogP) is 2.86. The molecule has 2 unspecified atom stereocenters. The zero-order chi connectivity index (χ0) is 17.6. The Morgan fingerprint density at radius 2 is 2.28 bits per heavy atom. The van der Waals surface area contributed by atoms with Crippen LogP contribution < -0.4 is 0 Å². The molecule has 0 radical (unpaired) electrons. The maximum Gasteiger partial charge on any atom is 0.230 e. The van der Waals surface area contributed by atoms with Crippen LogP contribution in [0.3, 0.4) is 0 Å². The number of hydrogen-bond donors (Lipinski definition) is 1. The number of fused-ring (bicyclic) bond motifs is 2. The molecule has 0 spiro atoms. The number of H-pyrrole nitrogens is 1. The molecule has 132 valence electrons. The van der Waals surface area contributed by atoms with E-state index in [4.69, 9.17) is 0 Å². The van der Waals surface area contributed by atoms with Gasteiger partial charge in [-0.25, -0.2) is 4.39 Å². The van der Waals surface area contributed by atoms with Crippen molar-refractivity contribution in [3.8, 4) is 0 Å². The number of aromatic amines is 1. The van der Waals surface area contributed by atoms with Gasteiger partial charge in [0.2, 0.25) is 5.91 Å². The zero-order valence-electron chi connectivity index (χ0n) is 14.8. The Morgan fingerprint density at radius 1 is 1.44 bits per heavy atom. The number of likely N-dealkylation sites (N-methyl/N-ethyl adjacent to an activating group) is 1. The Hall–Kier alpha value is -2.14. The van der Waals surface area contributed by atoms with Crippen molar-refractivity contribution in [2.24, 2.45) is 5.92 Å². The molecule has 25 heavy (non-hydrogen) atoms. The molecule has 4 nitrogen and oxygen atoms in total. The summed E-state index contributed by atoms with van der Waals surface area (Å²) in [6.07, 6.45) is 5.21. The molecule has 1 aromatic heterocycles. The van der Waals surface area contributed by atoms with Gasteiger partial charge in [-0.05, 0) is 43.2 Å². The third-order valence-electron chi connectivity index (χ3n) is 5.63. The lowest BCUT2D eigenvalue weighted by atomic mass is 9.79. The molecule has 0 bridgehead atoms. The summed E-state index contributed by atoms with van der Waals surface area (Å²) in [7, 11) is 2.08. The van der Waals surface area contributed by atoms with Crippen molar-refractivity contribution < 1.29 is 9.18 Å². The highest BCUT2D eigenvalue weighted by atomic mass is 19.1. The third-order valence-corrected chi connectivity index (χ3v) is 5.63. The van der Waals surface area contributed by atoms with Gasteiger partial charge < -0.3 is 9.88 Å². The number of nitrogens with zero attached hydrogens (tertiary/aromatic N) is 2. The van der Waals surface area contributed by atoms with Crippen molar-refractivity contribution in [2.75, 3.05) is 33.4 Å². The summed E-state index contributed by atoms with van der Waals surface area (Å²) in [5.41, 5.74) is 4.96. The van der Waals surface area contributed by atoms with Gasteiger partial charge in [-0.2, -0.15) is 0 Å². The van der Waals surface area contributed by atoms with Gasteiger partial charge >= 0.3 is 0 Å². The molecule has 5 heteroatoms. The Bertz CT molecular complexity index is 841. The number of hydrogen-bond acceptors (Lipinski definition) is 2. The number of carbonyl (C=O) groups excluding carboxylic acids is 1. The highest BCUT2D eigenvalue weighted by Gasteiger charge is 2.36. The summed E-state index contributed by atoms with van der Waals surface area (Å²) < 4.78 is 12.8. The van der Waals surface area contributed by atoms with Crippen LogP contribution in [0.4, 0.5) is 4.39 Å². The molecule has 1 aliphatic heterocycles. The number of halogens is 1. The molecule has 0 saturated heterocycles. The van der Waals surface area contributed by atoms with Crippen molar-refractivity contribution >= 4 is 22.4 Å². The maximum absolute atomic E-state index is 12.9. The third kappa shape index (κ3) is 2.58. The molecular weight excluding hydrogens is 317 g/mol. The standard InChI is InChI=1S/C20H24FN3O/c1-3-24(8-7-21)20(25)14-9-16-15-5-4-6-17-19(15)13(11-22-17)10-18(16)23(2)12-14/h4-6,9,11,14,18,22H,3,7-8,10,12H2,1-2H3. The first kappa shape index (κ1) is 16.3. The molecule has 1 amide bonds. The van der Waals surface area contributed by atoms with Crippen LogP contribution >= 0.6 is 0 Å². The second-order valence-corrected chi connectivity index (χ2v) is 7.04. The Kier molecular flexibility index (Phi) is 4.12. The number of carbonyl (C=O) groups is 1. The summed E-state index contributed by atoms with van der Waals surface area (Å²) in [6.45, 7) is 2.83. The molecule has 1 aromatic carbocycles. The van der Waals surface area contributed by atoms with Crippen LogP contribution in [0.2, 0.25) is 0 Å². The van der Waals surface area contributed by atoms with Crippen LogP contribution in [0.5, 0.6) is 0 Å². The monoisotopic (exact) mass is 341 g/mol. The van der Waals surface area contributed by atoms with E-state index in [1.807, 2.05) is 6.92 Å². The first-order valence-electron chi connectivity index (χ1n) is 9.00. The number of amides is 1. The van der Waals surface area contributed by atoms with Gasteiger partial charge in [0.1, 0.15) is 6.67 Å². The van der Waals surface area contributed by atoms with Gasteiger partial charge in [-0.3, -0.25) is 9.69 Å². The molecular formula is C20H24FN3O. The van der Waals surface area contributed by atoms with Gasteiger partial charge in [0.05, 0.1) is 5.92 Å². The lowest BCUT2D eigenvalue weighted by Crippen LogP contribution is -2.48. The molecule has 2 heterocycles. The van der Waals surface area contributed by atoms with Crippen LogP contribution in [-0.4, -0.2) is 60.1 Å². The van der Waals surface area contributed by atoms with E-state index in [-0.39, 0.29) is 18.4 Å². The molecule has 0 saturated carbocycles. The highest BCUT2D eigenvalue weighted by molar-refractivity contribution is 5.99. The van der Waals surface area contributed by atoms with Crippen molar-refractivity contribution in [1.29, 1.82) is 0 Å². The summed E-state index contributed by atoms with van der Waals surface area (Å²) in [5.74, 6) is -0.177. The molecule has 2 atom stereocenters. The Balaban J connectivity index is 1.76. The molecule has 1 N–H and O–H groups in total. The SMILES string of the molecule is CCN(CCF)C(=O)C1C=C2c3cccc4[nH]cc(c34)CC2N(C)C1. The molecule has 2 aromatic rings. The van der Waals surface area contributed by atoms with Crippen molar-refractivity contribution in [3.63, 3.8) is 0 Å². The van der Waals surface area contributed by atoms with Crippen LogP contribution in [0, 0.1) is 5.92 Å². The second kappa shape index (κ2) is 6.30. The fourth-order valence-corrected chi connectivity index (χ4v) is 4.37. The van der Waals surface area contributed by atoms with E-state index in [0.717, 1.165) is 11.9 Å². The average molecular weight is 341 g/mol. The van der Waals surface area contributed by atoms with Crippen LogP contribution in [0.1, 0.15) is 18.1 Å². The van der Waals surface area contributed by atoms with Crippen LogP contribution in [-0.2, 0) is 11.2 Å². The highest BCUT2D eigenvalue weighted by Crippen LogP contribution is 2.40. The lowest BCUT2D eigenvalue weighted by Gasteiger charge is -2.40. The van der Waals surface area contributed by atoms with E-state index >= 15 is 0 Å². The first-order valence-corrected chi connectivity index (χ1v) is 9.00. The molecule has 1 aliphatic carbocycles. The molecule has 4 rings (SSSR count). The Labute approximate surface area is 147 Å². The summed E-state index contributed by atoms with van der Waals surface area (Å²) in [5, 5.41) is 1.28. The number of rotatable bonds is 4. The minimum atomic E-state index is -0.493. The predicted molar refractivity (Wildman–Crippen MR) is 98.1 cm³/mol. The number of alkyl halides is 1. The minimum absolute atomic E-state index is 0.0324. The van der Waals surface area contributed by atoms with E-state index in [2.05, 4.69) is 47.4 Å². The van der Waals surface area contributed by atoms with Gasteiger partial charge in [-0.1, -0.05) is 18.2 Å². The summed E-state index contributed by atoms with van der Waals surface area (Å²) in [4.78, 5) is 20.1. The van der Waals surface area contributed by atoms with Crippen LogP contribution in [0.25, 0.3) is 16.5 Å². The van der Waals surface area contributed by atoms with Gasteiger partial charge in [-0.15, -0.1) is 0 Å². The second-order valence-electron chi connectivity index (χ2n) is 7.04. The number of aromatic nitrogens is 1. The number of benzene rings is 1. The van der Waals surface area contributed by atoms with Gasteiger partial charge in [0.25, 0.3) is 0 Å². The average Bonchev–Trinajstić information content (AvgIpc) is 3.04. The van der Waals surface area contributed by atoms with Crippen molar-refractivity contribution in [3.05, 3.63) is 41.6 Å². The van der Waals surface area contributed by atoms with E-state index < -0.39 is 6.67 Å².